The average Bonchev–Trinajstić information content (AvgIpc) is 2.46. The molecule has 2 N–H and O–H groups in total. The van der Waals surface area contributed by atoms with Crippen LogP contribution >= 0.6 is 0 Å². The van der Waals surface area contributed by atoms with E-state index < -0.39 is 0 Å². The third kappa shape index (κ3) is 2.57. The lowest BCUT2D eigenvalue weighted by Gasteiger charge is -2.09. The first-order valence-corrected chi connectivity index (χ1v) is 7.06. The van der Waals surface area contributed by atoms with Crippen LogP contribution in [0.15, 0.2) is 36.4 Å². The monoisotopic (exact) mass is 278 g/mol. The van der Waals surface area contributed by atoms with E-state index in [0.717, 1.165) is 27.9 Å². The van der Waals surface area contributed by atoms with E-state index in [1.165, 1.54) is 0 Å². The molecule has 106 valence electrons. The highest BCUT2D eigenvalue weighted by Crippen LogP contribution is 2.24. The van der Waals surface area contributed by atoms with Gasteiger partial charge in [0.2, 0.25) is 0 Å². The lowest BCUT2D eigenvalue weighted by molar-refractivity contribution is 0.817. The SMILES string of the molecule is Cc1cc(-c2nc(N)cc(C(C)C)n2)nc2ccccc12. The highest BCUT2D eigenvalue weighted by atomic mass is 15.0. The van der Waals surface area contributed by atoms with E-state index in [2.05, 4.69) is 41.8 Å². The standard InChI is InChI=1S/C17H18N4/c1-10(2)14-9-16(18)21-17(20-14)15-8-11(3)12-6-4-5-7-13(12)19-15/h4-10H,1-3H3,(H2,18,20,21). The highest BCUT2D eigenvalue weighted by Gasteiger charge is 2.11. The van der Waals surface area contributed by atoms with Gasteiger partial charge in [0.25, 0.3) is 0 Å². The molecule has 0 fully saturated rings. The van der Waals surface area contributed by atoms with Gasteiger partial charge >= 0.3 is 0 Å². The predicted molar refractivity (Wildman–Crippen MR) is 86.0 cm³/mol. The van der Waals surface area contributed by atoms with Gasteiger partial charge in [-0.2, -0.15) is 0 Å². The van der Waals surface area contributed by atoms with E-state index in [9.17, 15) is 0 Å². The molecule has 3 aromatic rings. The van der Waals surface area contributed by atoms with E-state index in [0.29, 0.717) is 17.6 Å². The molecule has 2 heterocycles. The van der Waals surface area contributed by atoms with Crippen molar-refractivity contribution in [1.82, 2.24) is 15.0 Å². The van der Waals surface area contributed by atoms with Crippen LogP contribution in [0, 0.1) is 6.92 Å². The van der Waals surface area contributed by atoms with E-state index in [4.69, 9.17) is 5.73 Å². The number of hydrogen-bond donors (Lipinski definition) is 1. The zero-order chi connectivity index (χ0) is 15.0. The summed E-state index contributed by atoms with van der Waals surface area (Å²) in [5.41, 5.74) is 9.71. The van der Waals surface area contributed by atoms with Crippen LogP contribution in [0.1, 0.15) is 31.0 Å². The maximum Gasteiger partial charge on any atom is 0.180 e. The molecule has 0 atom stereocenters. The van der Waals surface area contributed by atoms with E-state index in [1.54, 1.807) is 0 Å². The second-order valence-electron chi connectivity index (χ2n) is 5.54. The Morgan fingerprint density at radius 2 is 1.76 bits per heavy atom. The summed E-state index contributed by atoms with van der Waals surface area (Å²) in [7, 11) is 0. The van der Waals surface area contributed by atoms with Gasteiger partial charge in [-0.15, -0.1) is 0 Å². The molecule has 0 spiro atoms. The normalized spacial score (nSPS) is 11.2. The number of nitrogen functional groups attached to an aromatic ring is 1. The number of nitrogens with two attached hydrogens (primary N) is 1. The van der Waals surface area contributed by atoms with Gasteiger partial charge in [0.15, 0.2) is 5.82 Å². The summed E-state index contributed by atoms with van der Waals surface area (Å²) in [4.78, 5) is 13.6. The third-order valence-electron chi connectivity index (χ3n) is 3.51. The summed E-state index contributed by atoms with van der Waals surface area (Å²) < 4.78 is 0. The Balaban J connectivity index is 2.20. The van der Waals surface area contributed by atoms with Crippen LogP contribution in [-0.2, 0) is 0 Å². The van der Waals surface area contributed by atoms with Gasteiger partial charge in [-0.05, 0) is 30.5 Å². The molecule has 2 aromatic heterocycles. The van der Waals surface area contributed by atoms with Crippen LogP contribution < -0.4 is 5.73 Å². The number of hydrogen-bond acceptors (Lipinski definition) is 4. The molecule has 0 aliphatic heterocycles. The summed E-state index contributed by atoms with van der Waals surface area (Å²) in [5, 5.41) is 1.15. The minimum atomic E-state index is 0.301. The van der Waals surface area contributed by atoms with Crippen LogP contribution in [0.3, 0.4) is 0 Å². The van der Waals surface area contributed by atoms with Gasteiger partial charge in [-0.1, -0.05) is 32.0 Å². The van der Waals surface area contributed by atoms with Gasteiger partial charge < -0.3 is 5.73 Å². The van der Waals surface area contributed by atoms with Crippen molar-refractivity contribution in [3.8, 4) is 11.5 Å². The molecule has 0 amide bonds. The van der Waals surface area contributed by atoms with Crippen molar-refractivity contribution in [2.45, 2.75) is 26.7 Å². The Kier molecular flexibility index (Phi) is 3.29. The summed E-state index contributed by atoms with van der Waals surface area (Å²) >= 11 is 0. The van der Waals surface area contributed by atoms with Gasteiger partial charge in [-0.25, -0.2) is 15.0 Å². The summed E-state index contributed by atoms with van der Waals surface area (Å²) in [6.45, 7) is 6.25. The minimum Gasteiger partial charge on any atom is -0.384 e. The van der Waals surface area contributed by atoms with E-state index in [-0.39, 0.29) is 0 Å². The molecule has 3 rings (SSSR count). The Morgan fingerprint density at radius 1 is 1.00 bits per heavy atom. The van der Waals surface area contributed by atoms with Gasteiger partial charge in [0, 0.05) is 17.1 Å². The van der Waals surface area contributed by atoms with Gasteiger partial charge in [-0.3, -0.25) is 0 Å². The zero-order valence-corrected chi connectivity index (χ0v) is 12.5. The summed E-state index contributed by atoms with van der Waals surface area (Å²) in [6.07, 6.45) is 0. The second-order valence-corrected chi connectivity index (χ2v) is 5.54. The number of anilines is 1. The van der Waals surface area contributed by atoms with Crippen molar-refractivity contribution in [3.05, 3.63) is 47.7 Å². The molecule has 4 heteroatoms. The topological polar surface area (TPSA) is 64.7 Å². The van der Waals surface area contributed by atoms with Crippen LogP contribution in [0.25, 0.3) is 22.4 Å². The van der Waals surface area contributed by atoms with E-state index in [1.807, 2.05) is 30.3 Å². The molecular weight excluding hydrogens is 260 g/mol. The number of para-hydroxylation sites is 1. The fourth-order valence-corrected chi connectivity index (χ4v) is 2.36. The largest absolute Gasteiger partial charge is 0.384 e. The molecule has 0 unspecified atom stereocenters. The van der Waals surface area contributed by atoms with Gasteiger partial charge in [0.1, 0.15) is 11.5 Å². The Bertz CT molecular complexity index is 809. The molecule has 0 saturated heterocycles. The predicted octanol–water partition coefficient (Wildman–Crippen LogP) is 3.71. The number of pyridine rings is 1. The lowest BCUT2D eigenvalue weighted by atomic mass is 10.1. The number of nitrogens with zero attached hydrogens (tertiary/aromatic N) is 3. The maximum atomic E-state index is 5.91. The Morgan fingerprint density at radius 3 is 2.52 bits per heavy atom. The molecule has 0 bridgehead atoms. The number of fused-ring (bicyclic) bond motifs is 1. The fraction of sp³-hybridized carbons (Fsp3) is 0.235. The molecule has 0 saturated carbocycles. The number of aromatic nitrogens is 3. The fourth-order valence-electron chi connectivity index (χ4n) is 2.36. The second kappa shape index (κ2) is 5.13. The van der Waals surface area contributed by atoms with Crippen LogP contribution in [0.2, 0.25) is 0 Å². The molecule has 21 heavy (non-hydrogen) atoms. The lowest BCUT2D eigenvalue weighted by Crippen LogP contribution is -2.03. The molecule has 0 aliphatic carbocycles. The molecular formula is C17H18N4. The zero-order valence-electron chi connectivity index (χ0n) is 12.5. The molecule has 4 nitrogen and oxygen atoms in total. The van der Waals surface area contributed by atoms with Crippen LogP contribution in [0.5, 0.6) is 0 Å². The van der Waals surface area contributed by atoms with Crippen molar-refractivity contribution in [2.24, 2.45) is 0 Å². The maximum absolute atomic E-state index is 5.91. The van der Waals surface area contributed by atoms with Crippen molar-refractivity contribution >= 4 is 16.7 Å². The summed E-state index contributed by atoms with van der Waals surface area (Å²) in [6, 6.07) is 11.9. The summed E-state index contributed by atoms with van der Waals surface area (Å²) in [5.74, 6) is 1.37. The van der Waals surface area contributed by atoms with Crippen molar-refractivity contribution in [2.75, 3.05) is 5.73 Å². The van der Waals surface area contributed by atoms with Crippen LogP contribution in [-0.4, -0.2) is 15.0 Å². The van der Waals surface area contributed by atoms with Crippen molar-refractivity contribution in [3.63, 3.8) is 0 Å². The first-order valence-electron chi connectivity index (χ1n) is 7.06. The van der Waals surface area contributed by atoms with E-state index >= 15 is 0 Å². The number of rotatable bonds is 2. The molecule has 0 radical (unpaired) electrons. The first-order chi connectivity index (χ1) is 10.0. The highest BCUT2D eigenvalue weighted by molar-refractivity contribution is 5.84. The van der Waals surface area contributed by atoms with Gasteiger partial charge in [0.05, 0.1) is 5.52 Å². The quantitative estimate of drug-likeness (QED) is 0.776. The molecule has 1 aromatic carbocycles. The number of aryl methyl sites for hydroxylation is 1. The molecule has 0 aliphatic rings. The minimum absolute atomic E-state index is 0.301. The number of benzene rings is 1. The first kappa shape index (κ1) is 13.5. The third-order valence-corrected chi connectivity index (χ3v) is 3.51. The Labute approximate surface area is 124 Å². The van der Waals surface area contributed by atoms with Crippen molar-refractivity contribution < 1.29 is 0 Å². The Hall–Kier alpha value is -2.49. The van der Waals surface area contributed by atoms with Crippen molar-refractivity contribution in [1.29, 1.82) is 0 Å². The van der Waals surface area contributed by atoms with Crippen LogP contribution in [0.4, 0.5) is 5.82 Å². The average molecular weight is 278 g/mol. The smallest absolute Gasteiger partial charge is 0.180 e.